The summed E-state index contributed by atoms with van der Waals surface area (Å²) in [5, 5.41) is 2.37. The third kappa shape index (κ3) is 3.41. The van der Waals surface area contributed by atoms with E-state index in [0.717, 1.165) is 37.6 Å². The maximum Gasteiger partial charge on any atom is 0.248 e. The number of H-pyrrole nitrogens is 2. The highest BCUT2D eigenvalue weighted by molar-refractivity contribution is 7.15. The molecule has 5 heterocycles. The molecule has 1 aromatic carbocycles. The van der Waals surface area contributed by atoms with Gasteiger partial charge in [-0.25, -0.2) is 9.97 Å². The van der Waals surface area contributed by atoms with Crippen LogP contribution >= 0.6 is 11.3 Å². The smallest absolute Gasteiger partial charge is 0.248 e. The van der Waals surface area contributed by atoms with Gasteiger partial charge in [0.2, 0.25) is 5.56 Å². The molecule has 2 N–H and O–H groups in total. The maximum absolute atomic E-state index is 13.5. The molecule has 0 radical (unpaired) electrons. The summed E-state index contributed by atoms with van der Waals surface area (Å²) in [6.45, 7) is 1.95. The number of hydrogen-bond donors (Lipinski definition) is 2. The minimum absolute atomic E-state index is 0.209. The number of fused-ring (bicyclic) bond motifs is 2. The molecular weight excluding hydrogens is 446 g/mol. The van der Waals surface area contributed by atoms with E-state index in [1.54, 1.807) is 42.1 Å². The molecule has 0 saturated carbocycles. The Labute approximate surface area is 196 Å². The zero-order valence-electron chi connectivity index (χ0n) is 18.0. The lowest BCUT2D eigenvalue weighted by atomic mass is 9.99. The Kier molecular flexibility index (Phi) is 4.67. The highest BCUT2D eigenvalue weighted by Gasteiger charge is 2.17. The van der Waals surface area contributed by atoms with Crippen molar-refractivity contribution in [2.75, 3.05) is 0 Å². The van der Waals surface area contributed by atoms with Crippen LogP contribution in [0.15, 0.2) is 82.8 Å². The summed E-state index contributed by atoms with van der Waals surface area (Å²) >= 11 is 1.55. The molecule has 7 nitrogen and oxygen atoms in total. The molecule has 0 aliphatic carbocycles. The highest BCUT2D eigenvalue weighted by atomic mass is 32.1. The third-order valence-electron chi connectivity index (χ3n) is 5.69. The van der Waals surface area contributed by atoms with Crippen molar-refractivity contribution in [2.45, 2.75) is 6.92 Å². The fourth-order valence-electron chi connectivity index (χ4n) is 4.07. The Morgan fingerprint density at radius 1 is 0.941 bits per heavy atom. The molecule has 0 unspecified atom stereocenters. The predicted molar refractivity (Wildman–Crippen MR) is 135 cm³/mol. The molecule has 0 saturated heterocycles. The van der Waals surface area contributed by atoms with Gasteiger partial charge in [0.25, 0.3) is 0 Å². The van der Waals surface area contributed by atoms with Crippen LogP contribution < -0.4 is 11.0 Å². The van der Waals surface area contributed by atoms with Crippen LogP contribution in [0.4, 0.5) is 0 Å². The van der Waals surface area contributed by atoms with Crippen LogP contribution in [0.3, 0.4) is 0 Å². The van der Waals surface area contributed by atoms with Gasteiger partial charge in [0.05, 0.1) is 37.7 Å². The molecule has 0 bridgehead atoms. The lowest BCUT2D eigenvalue weighted by molar-refractivity contribution is 1.22. The molecule has 5 aromatic heterocycles. The zero-order valence-corrected chi connectivity index (χ0v) is 18.8. The minimum atomic E-state index is -0.267. The number of rotatable bonds is 3. The summed E-state index contributed by atoms with van der Waals surface area (Å²) in [6, 6.07) is 16.5. The third-order valence-corrected chi connectivity index (χ3v) is 6.61. The van der Waals surface area contributed by atoms with Crippen molar-refractivity contribution in [1.29, 1.82) is 0 Å². The molecule has 34 heavy (non-hydrogen) atoms. The van der Waals surface area contributed by atoms with E-state index < -0.39 is 0 Å². The molecular formula is C26H17N5O2S. The van der Waals surface area contributed by atoms with E-state index >= 15 is 0 Å². The lowest BCUT2D eigenvalue weighted by Crippen LogP contribution is -2.12. The van der Waals surface area contributed by atoms with Crippen molar-refractivity contribution >= 4 is 33.3 Å². The lowest BCUT2D eigenvalue weighted by Gasteiger charge is -2.11. The van der Waals surface area contributed by atoms with Gasteiger partial charge in [-0.1, -0.05) is 18.2 Å². The van der Waals surface area contributed by atoms with Gasteiger partial charge in [0.15, 0.2) is 5.43 Å². The van der Waals surface area contributed by atoms with Crippen molar-refractivity contribution in [3.63, 3.8) is 0 Å². The molecule has 0 atom stereocenters. The number of nitrogens with one attached hydrogen (secondary N) is 2. The summed E-state index contributed by atoms with van der Waals surface area (Å²) in [7, 11) is 0. The summed E-state index contributed by atoms with van der Waals surface area (Å²) in [6.07, 6.45) is 5.16. The molecule has 164 valence electrons. The van der Waals surface area contributed by atoms with E-state index in [-0.39, 0.29) is 11.0 Å². The number of benzene rings is 1. The molecule has 6 aromatic rings. The van der Waals surface area contributed by atoms with Crippen LogP contribution in [-0.2, 0) is 0 Å². The average molecular weight is 464 g/mol. The van der Waals surface area contributed by atoms with E-state index in [9.17, 15) is 9.59 Å². The Hall–Kier alpha value is -4.43. The van der Waals surface area contributed by atoms with Crippen molar-refractivity contribution in [3.05, 3.63) is 98.8 Å². The summed E-state index contributed by atoms with van der Waals surface area (Å²) < 4.78 is 0. The van der Waals surface area contributed by atoms with Crippen LogP contribution in [0.25, 0.3) is 54.9 Å². The van der Waals surface area contributed by atoms with Gasteiger partial charge in [-0.05, 0) is 42.8 Å². The SMILES string of the molecule is Cc1ncc(-c2nc3[nH]cc(-c4cccc(=O)[nH]4)c(=O)c3cc2-c2ccc3ncccc3c2)s1. The van der Waals surface area contributed by atoms with Gasteiger partial charge in [-0.15, -0.1) is 11.3 Å². The highest BCUT2D eigenvalue weighted by Crippen LogP contribution is 2.36. The first-order valence-corrected chi connectivity index (χ1v) is 11.4. The molecule has 6 rings (SSSR count). The first kappa shape index (κ1) is 20.2. The van der Waals surface area contributed by atoms with E-state index in [0.29, 0.717) is 22.3 Å². The second-order valence-corrected chi connectivity index (χ2v) is 9.13. The Morgan fingerprint density at radius 3 is 2.68 bits per heavy atom. The standard InChI is InChI=1S/C26H17N5O2S/c1-14-28-13-22(34-14)24-17(15-7-8-20-16(10-15)4-3-9-27-20)11-18-25(33)19(12-29-26(18)31-24)21-5-2-6-23(32)30-21/h2-13H,1H3,(H,30,32)(H,29,31,33). The van der Waals surface area contributed by atoms with Crippen LogP contribution in [0.1, 0.15) is 5.01 Å². The molecule has 0 spiro atoms. The van der Waals surface area contributed by atoms with Crippen LogP contribution in [0.2, 0.25) is 0 Å². The largest absolute Gasteiger partial charge is 0.345 e. The van der Waals surface area contributed by atoms with Gasteiger partial charge in [-0.3, -0.25) is 14.6 Å². The van der Waals surface area contributed by atoms with Gasteiger partial charge in [0.1, 0.15) is 5.65 Å². The molecule has 0 fully saturated rings. The van der Waals surface area contributed by atoms with Crippen molar-refractivity contribution in [2.24, 2.45) is 0 Å². The van der Waals surface area contributed by atoms with Crippen molar-refractivity contribution in [3.8, 4) is 33.0 Å². The van der Waals surface area contributed by atoms with E-state index in [2.05, 4.69) is 26.0 Å². The first-order chi connectivity index (χ1) is 16.6. The van der Waals surface area contributed by atoms with Crippen LogP contribution in [-0.4, -0.2) is 24.9 Å². The fraction of sp³-hybridized carbons (Fsp3) is 0.0385. The quantitative estimate of drug-likeness (QED) is 0.387. The maximum atomic E-state index is 13.5. The summed E-state index contributed by atoms with van der Waals surface area (Å²) in [4.78, 5) is 45.7. The fourth-order valence-corrected chi connectivity index (χ4v) is 4.86. The minimum Gasteiger partial charge on any atom is -0.345 e. The van der Waals surface area contributed by atoms with Gasteiger partial charge >= 0.3 is 0 Å². The van der Waals surface area contributed by atoms with Gasteiger partial charge in [0, 0.05) is 35.6 Å². The van der Waals surface area contributed by atoms with Crippen molar-refractivity contribution < 1.29 is 0 Å². The predicted octanol–water partition coefficient (Wildman–Crippen LogP) is 4.93. The van der Waals surface area contributed by atoms with Gasteiger partial charge in [-0.2, -0.15) is 0 Å². The van der Waals surface area contributed by atoms with E-state index in [1.165, 1.54) is 6.07 Å². The number of hydrogen-bond acceptors (Lipinski definition) is 6. The number of aromatic nitrogens is 5. The summed E-state index contributed by atoms with van der Waals surface area (Å²) in [5.41, 5.74) is 4.22. The normalized spacial score (nSPS) is 11.3. The Balaban J connectivity index is 1.65. The Morgan fingerprint density at radius 2 is 1.85 bits per heavy atom. The number of thiazole rings is 1. The Bertz CT molecular complexity index is 1830. The van der Waals surface area contributed by atoms with Crippen LogP contribution in [0, 0.1) is 6.92 Å². The second kappa shape index (κ2) is 7.86. The number of aryl methyl sites for hydroxylation is 1. The van der Waals surface area contributed by atoms with Gasteiger partial charge < -0.3 is 9.97 Å². The van der Waals surface area contributed by atoms with E-state index in [4.69, 9.17) is 4.98 Å². The first-order valence-electron chi connectivity index (χ1n) is 10.6. The zero-order chi connectivity index (χ0) is 23.2. The van der Waals surface area contributed by atoms with E-state index in [1.807, 2.05) is 37.3 Å². The topological polar surface area (TPSA) is 104 Å². The number of aromatic amines is 2. The average Bonchev–Trinajstić information content (AvgIpc) is 3.29. The number of nitrogens with zero attached hydrogens (tertiary/aromatic N) is 3. The molecule has 0 amide bonds. The molecule has 8 heteroatoms. The molecule has 0 aliphatic rings. The molecule has 0 aliphatic heterocycles. The second-order valence-electron chi connectivity index (χ2n) is 7.90. The van der Waals surface area contributed by atoms with Crippen molar-refractivity contribution in [1.82, 2.24) is 24.9 Å². The summed E-state index contributed by atoms with van der Waals surface area (Å²) in [5.74, 6) is 0. The van der Waals surface area contributed by atoms with Crippen LogP contribution in [0.5, 0.6) is 0 Å². The number of pyridine rings is 4. The monoisotopic (exact) mass is 463 g/mol.